The van der Waals surface area contributed by atoms with Crippen LogP contribution >= 0.6 is 12.2 Å². The second-order valence-electron chi connectivity index (χ2n) is 4.31. The molecule has 0 bridgehead atoms. The highest BCUT2D eigenvalue weighted by atomic mass is 32.1. The van der Waals surface area contributed by atoms with Crippen LogP contribution in [0.5, 0.6) is 11.6 Å². The van der Waals surface area contributed by atoms with Crippen LogP contribution in [0.3, 0.4) is 0 Å². The number of rotatable bonds is 5. The number of thiocarbonyl (C=S) groups is 1. The third-order valence-corrected chi connectivity index (χ3v) is 3.13. The quantitative estimate of drug-likeness (QED) is 0.857. The molecule has 104 valence electrons. The Kier molecular flexibility index (Phi) is 4.53. The number of nitrogens with zero attached hydrogens (tertiary/aromatic N) is 1. The minimum atomic E-state index is 0.355. The highest BCUT2D eigenvalue weighted by Crippen LogP contribution is 2.22. The topological polar surface area (TPSA) is 57.4 Å². The molecule has 0 saturated carbocycles. The third kappa shape index (κ3) is 3.24. The van der Waals surface area contributed by atoms with Crippen LogP contribution in [0.25, 0.3) is 0 Å². The third-order valence-electron chi connectivity index (χ3n) is 2.90. The molecule has 1 aromatic heterocycles. The summed E-state index contributed by atoms with van der Waals surface area (Å²) < 4.78 is 11.0. The summed E-state index contributed by atoms with van der Waals surface area (Å²) in [6, 6.07) is 9.43. The number of ether oxygens (including phenoxy) is 2. The summed E-state index contributed by atoms with van der Waals surface area (Å²) in [5.74, 6) is 1.32. The first kappa shape index (κ1) is 14.3. The number of hydrogen-bond donors (Lipinski definition) is 1. The van der Waals surface area contributed by atoms with Crippen LogP contribution in [0.15, 0.2) is 36.5 Å². The van der Waals surface area contributed by atoms with Gasteiger partial charge in [-0.2, -0.15) is 0 Å². The van der Waals surface area contributed by atoms with Gasteiger partial charge in [-0.3, -0.25) is 0 Å². The van der Waals surface area contributed by atoms with Gasteiger partial charge >= 0.3 is 0 Å². The molecule has 5 heteroatoms. The summed E-state index contributed by atoms with van der Waals surface area (Å²) in [6.07, 6.45) is 1.68. The molecule has 4 nitrogen and oxygen atoms in total. The first-order valence-electron chi connectivity index (χ1n) is 6.13. The average molecular weight is 288 g/mol. The molecule has 0 radical (unpaired) electrons. The van der Waals surface area contributed by atoms with E-state index in [1.165, 1.54) is 0 Å². The van der Waals surface area contributed by atoms with Crippen molar-refractivity contribution in [2.24, 2.45) is 5.73 Å². The van der Waals surface area contributed by atoms with Crippen LogP contribution in [0, 0.1) is 6.92 Å². The highest BCUT2D eigenvalue weighted by Gasteiger charge is 2.07. The van der Waals surface area contributed by atoms with Gasteiger partial charge < -0.3 is 15.2 Å². The second-order valence-corrected chi connectivity index (χ2v) is 4.74. The monoisotopic (exact) mass is 288 g/mol. The first-order valence-corrected chi connectivity index (χ1v) is 6.53. The molecule has 2 N–H and O–H groups in total. The molecule has 0 aliphatic rings. The van der Waals surface area contributed by atoms with Crippen molar-refractivity contribution in [2.45, 2.75) is 13.5 Å². The van der Waals surface area contributed by atoms with E-state index in [1.54, 1.807) is 13.3 Å². The molecule has 1 heterocycles. The summed E-state index contributed by atoms with van der Waals surface area (Å²) >= 11 is 4.97. The Bertz CT molecular complexity index is 629. The summed E-state index contributed by atoms with van der Waals surface area (Å²) in [4.78, 5) is 4.49. The zero-order valence-electron chi connectivity index (χ0n) is 11.4. The summed E-state index contributed by atoms with van der Waals surface area (Å²) in [6.45, 7) is 2.35. The maximum absolute atomic E-state index is 5.82. The van der Waals surface area contributed by atoms with Gasteiger partial charge in [0.2, 0.25) is 5.88 Å². The Labute approximate surface area is 123 Å². The fourth-order valence-electron chi connectivity index (χ4n) is 1.78. The average Bonchev–Trinajstić information content (AvgIpc) is 2.46. The number of aryl methyl sites for hydroxylation is 1. The summed E-state index contributed by atoms with van der Waals surface area (Å²) in [5, 5.41) is 0. The number of aromatic nitrogens is 1. The van der Waals surface area contributed by atoms with Gasteiger partial charge in [-0.15, -0.1) is 0 Å². The maximum Gasteiger partial charge on any atom is 0.219 e. The number of methoxy groups -OCH3 is 1. The fraction of sp³-hybridized carbons (Fsp3) is 0.200. The van der Waals surface area contributed by atoms with E-state index in [1.807, 2.05) is 37.3 Å². The van der Waals surface area contributed by atoms with Crippen molar-refractivity contribution in [2.75, 3.05) is 7.11 Å². The van der Waals surface area contributed by atoms with Crippen LogP contribution in [-0.4, -0.2) is 17.1 Å². The van der Waals surface area contributed by atoms with E-state index in [9.17, 15) is 0 Å². The molecule has 0 unspecified atom stereocenters. The lowest BCUT2D eigenvalue weighted by atomic mass is 10.1. The van der Waals surface area contributed by atoms with E-state index in [0.29, 0.717) is 17.5 Å². The van der Waals surface area contributed by atoms with Gasteiger partial charge in [0.15, 0.2) is 0 Å². The molecule has 0 saturated heterocycles. The Morgan fingerprint density at radius 3 is 2.85 bits per heavy atom. The number of hydrogen-bond acceptors (Lipinski definition) is 4. The van der Waals surface area contributed by atoms with Crippen LogP contribution < -0.4 is 15.2 Å². The molecule has 20 heavy (non-hydrogen) atoms. The summed E-state index contributed by atoms with van der Waals surface area (Å²) in [5.41, 5.74) is 8.33. The number of pyridine rings is 1. The number of benzene rings is 1. The lowest BCUT2D eigenvalue weighted by Crippen LogP contribution is -2.10. The van der Waals surface area contributed by atoms with Gasteiger partial charge in [-0.05, 0) is 30.7 Å². The second kappa shape index (κ2) is 6.34. The van der Waals surface area contributed by atoms with E-state index in [-0.39, 0.29) is 0 Å². The molecule has 0 atom stereocenters. The smallest absolute Gasteiger partial charge is 0.219 e. The standard InChI is InChI=1S/C15H16N2O2S/c1-10-5-6-11(14(16)20)8-13(10)19-9-12-4-3-7-17-15(12)18-2/h3-8H,9H2,1-2H3,(H2,16,20). The van der Waals surface area contributed by atoms with E-state index >= 15 is 0 Å². The van der Waals surface area contributed by atoms with Crippen molar-refractivity contribution in [1.29, 1.82) is 0 Å². The number of nitrogens with two attached hydrogens (primary N) is 1. The minimum Gasteiger partial charge on any atom is -0.488 e. The van der Waals surface area contributed by atoms with Crippen molar-refractivity contribution >= 4 is 17.2 Å². The van der Waals surface area contributed by atoms with Gasteiger partial charge in [0.25, 0.3) is 0 Å². The fourth-order valence-corrected chi connectivity index (χ4v) is 1.91. The largest absolute Gasteiger partial charge is 0.488 e. The lowest BCUT2D eigenvalue weighted by Gasteiger charge is -2.12. The molecule has 1 aromatic carbocycles. The molecule has 0 aliphatic carbocycles. The molecular formula is C15H16N2O2S. The molecule has 0 aliphatic heterocycles. The Balaban J connectivity index is 2.18. The van der Waals surface area contributed by atoms with E-state index < -0.39 is 0 Å². The zero-order valence-corrected chi connectivity index (χ0v) is 12.2. The van der Waals surface area contributed by atoms with Gasteiger partial charge in [0, 0.05) is 11.8 Å². The van der Waals surface area contributed by atoms with Crippen molar-refractivity contribution in [3.05, 3.63) is 53.2 Å². The van der Waals surface area contributed by atoms with E-state index in [2.05, 4.69) is 4.98 Å². The van der Waals surface area contributed by atoms with Gasteiger partial charge in [-0.25, -0.2) is 4.98 Å². The van der Waals surface area contributed by atoms with Crippen LogP contribution in [0.2, 0.25) is 0 Å². The van der Waals surface area contributed by atoms with Crippen molar-refractivity contribution in [3.8, 4) is 11.6 Å². The molecule has 2 rings (SSSR count). The van der Waals surface area contributed by atoms with E-state index in [4.69, 9.17) is 27.4 Å². The maximum atomic E-state index is 5.82. The van der Waals surface area contributed by atoms with Crippen LogP contribution in [0.4, 0.5) is 0 Å². The van der Waals surface area contributed by atoms with Crippen LogP contribution in [-0.2, 0) is 6.61 Å². The Morgan fingerprint density at radius 1 is 1.35 bits per heavy atom. The molecule has 0 spiro atoms. The SMILES string of the molecule is COc1ncccc1COc1cc(C(N)=S)ccc1C. The lowest BCUT2D eigenvalue weighted by molar-refractivity contribution is 0.292. The minimum absolute atomic E-state index is 0.355. The van der Waals surface area contributed by atoms with Crippen molar-refractivity contribution in [1.82, 2.24) is 4.98 Å². The Hall–Kier alpha value is -2.14. The van der Waals surface area contributed by atoms with Crippen molar-refractivity contribution < 1.29 is 9.47 Å². The zero-order chi connectivity index (χ0) is 14.5. The molecule has 2 aromatic rings. The predicted octanol–water partition coefficient (Wildman–Crippen LogP) is 2.61. The first-order chi connectivity index (χ1) is 9.61. The molecule has 0 fully saturated rings. The molecule has 0 amide bonds. The Morgan fingerprint density at radius 2 is 2.15 bits per heavy atom. The summed E-state index contributed by atoms with van der Waals surface area (Å²) in [7, 11) is 1.59. The van der Waals surface area contributed by atoms with Gasteiger partial charge in [0.05, 0.1) is 12.7 Å². The van der Waals surface area contributed by atoms with Crippen molar-refractivity contribution in [3.63, 3.8) is 0 Å². The molecular weight excluding hydrogens is 272 g/mol. The van der Waals surface area contributed by atoms with Gasteiger partial charge in [-0.1, -0.05) is 24.4 Å². The van der Waals surface area contributed by atoms with Crippen LogP contribution in [0.1, 0.15) is 16.7 Å². The van der Waals surface area contributed by atoms with Gasteiger partial charge in [0.1, 0.15) is 17.3 Å². The predicted molar refractivity (Wildman–Crippen MR) is 82.2 cm³/mol. The highest BCUT2D eigenvalue weighted by molar-refractivity contribution is 7.80. The normalized spacial score (nSPS) is 10.1. The van der Waals surface area contributed by atoms with E-state index in [0.717, 1.165) is 22.4 Å².